The smallest absolute Gasteiger partial charge is 0.164 e. The third kappa shape index (κ3) is 5.13. The molecule has 238 valence electrons. The van der Waals surface area contributed by atoms with Crippen molar-refractivity contribution in [1.29, 1.82) is 0 Å². The Morgan fingerprint density at radius 3 is 1.69 bits per heavy atom. The average Bonchev–Trinajstić information content (AvgIpc) is 3.60. The van der Waals surface area contributed by atoms with Gasteiger partial charge in [-0.05, 0) is 62.5 Å². The van der Waals surface area contributed by atoms with Gasteiger partial charge in [0.25, 0.3) is 0 Å². The fraction of sp³-hybridized carbons (Fsp3) is 0. The quantitative estimate of drug-likeness (QED) is 0.186. The Bertz CT molecular complexity index is 2910. The van der Waals surface area contributed by atoms with Crippen molar-refractivity contribution in [3.63, 3.8) is 0 Å². The summed E-state index contributed by atoms with van der Waals surface area (Å²) in [6.45, 7) is 0. The molecule has 10 aromatic rings. The molecular formula is C47H29N3O. The number of fused-ring (bicyclic) bond motifs is 5. The summed E-state index contributed by atoms with van der Waals surface area (Å²) in [4.78, 5) is 15.3. The predicted molar refractivity (Wildman–Crippen MR) is 209 cm³/mol. The topological polar surface area (TPSA) is 51.8 Å². The first-order valence-corrected chi connectivity index (χ1v) is 17.1. The van der Waals surface area contributed by atoms with Gasteiger partial charge in [0.15, 0.2) is 17.5 Å². The molecule has 0 N–H and O–H groups in total. The van der Waals surface area contributed by atoms with Crippen molar-refractivity contribution >= 4 is 43.5 Å². The van der Waals surface area contributed by atoms with Gasteiger partial charge in [0, 0.05) is 33.0 Å². The van der Waals surface area contributed by atoms with Crippen LogP contribution in [0.3, 0.4) is 0 Å². The van der Waals surface area contributed by atoms with E-state index in [0.717, 1.165) is 60.5 Å². The highest BCUT2D eigenvalue weighted by Gasteiger charge is 2.20. The first kappa shape index (κ1) is 29.0. The minimum absolute atomic E-state index is 0.600. The number of nitrogens with zero attached hydrogens (tertiary/aromatic N) is 3. The van der Waals surface area contributed by atoms with E-state index in [1.165, 1.54) is 21.9 Å². The lowest BCUT2D eigenvalue weighted by Gasteiger charge is -2.10. The molecule has 0 saturated heterocycles. The zero-order valence-corrected chi connectivity index (χ0v) is 27.5. The molecule has 4 heteroatoms. The maximum atomic E-state index is 6.66. The largest absolute Gasteiger partial charge is 0.455 e. The third-order valence-electron chi connectivity index (χ3n) is 9.70. The maximum absolute atomic E-state index is 6.66. The van der Waals surface area contributed by atoms with Crippen molar-refractivity contribution < 1.29 is 4.42 Å². The fourth-order valence-electron chi connectivity index (χ4n) is 7.16. The number of hydrogen-bond donors (Lipinski definition) is 0. The van der Waals surface area contributed by atoms with Gasteiger partial charge in [-0.25, -0.2) is 15.0 Å². The monoisotopic (exact) mass is 651 g/mol. The Morgan fingerprint density at radius 2 is 0.882 bits per heavy atom. The number of hydrogen-bond acceptors (Lipinski definition) is 4. The molecule has 0 aliphatic heterocycles. The van der Waals surface area contributed by atoms with Crippen LogP contribution in [0.25, 0.3) is 99.9 Å². The van der Waals surface area contributed by atoms with Gasteiger partial charge in [-0.3, -0.25) is 0 Å². The summed E-state index contributed by atoms with van der Waals surface area (Å²) >= 11 is 0. The van der Waals surface area contributed by atoms with Gasteiger partial charge in [0.2, 0.25) is 0 Å². The molecule has 0 unspecified atom stereocenters. The number of para-hydroxylation sites is 1. The van der Waals surface area contributed by atoms with Gasteiger partial charge in [0.1, 0.15) is 11.2 Å². The van der Waals surface area contributed by atoms with Gasteiger partial charge in [0.05, 0.1) is 0 Å². The lowest BCUT2D eigenvalue weighted by molar-refractivity contribution is 0.670. The van der Waals surface area contributed by atoms with E-state index in [4.69, 9.17) is 19.4 Å². The van der Waals surface area contributed by atoms with E-state index in [-0.39, 0.29) is 0 Å². The molecule has 0 bridgehead atoms. The first-order valence-electron chi connectivity index (χ1n) is 17.1. The van der Waals surface area contributed by atoms with Crippen LogP contribution in [0.4, 0.5) is 0 Å². The molecule has 0 aliphatic carbocycles. The molecule has 0 spiro atoms. The molecule has 0 aliphatic rings. The van der Waals surface area contributed by atoms with Crippen LogP contribution in [-0.4, -0.2) is 15.0 Å². The van der Waals surface area contributed by atoms with Gasteiger partial charge in [-0.15, -0.1) is 0 Å². The van der Waals surface area contributed by atoms with Crippen LogP contribution in [0.5, 0.6) is 0 Å². The highest BCUT2D eigenvalue weighted by Crippen LogP contribution is 2.41. The molecule has 2 aromatic heterocycles. The van der Waals surface area contributed by atoms with Crippen LogP contribution >= 0.6 is 0 Å². The molecule has 0 amide bonds. The van der Waals surface area contributed by atoms with Gasteiger partial charge in [-0.2, -0.15) is 0 Å². The van der Waals surface area contributed by atoms with Crippen molar-refractivity contribution in [3.05, 3.63) is 176 Å². The second-order valence-corrected chi connectivity index (χ2v) is 12.8. The number of aromatic nitrogens is 3. The minimum atomic E-state index is 0.600. The summed E-state index contributed by atoms with van der Waals surface area (Å²) < 4.78 is 6.66. The number of benzene rings is 8. The van der Waals surface area contributed by atoms with E-state index in [1.807, 2.05) is 48.5 Å². The van der Waals surface area contributed by atoms with Crippen molar-refractivity contribution in [2.45, 2.75) is 0 Å². The van der Waals surface area contributed by atoms with Crippen LogP contribution in [0, 0.1) is 0 Å². The lowest BCUT2D eigenvalue weighted by atomic mass is 9.98. The standard InChI is InChI=1S/C47H29N3O/c1-3-11-30(12-4-1)34-22-23-36-29-38(26-24-35(36)27-34)46-48-45(32-14-5-2-6-15-32)49-47(50-46)41-19-10-20-42-43(41)40-18-9-17-39(44(40)51-42)37-25-21-31-13-7-8-16-33(31)28-37/h1-29H. The molecular weight excluding hydrogens is 623 g/mol. The summed E-state index contributed by atoms with van der Waals surface area (Å²) in [5, 5.41) is 6.70. The van der Waals surface area contributed by atoms with Crippen molar-refractivity contribution in [2.75, 3.05) is 0 Å². The molecule has 0 fully saturated rings. The summed E-state index contributed by atoms with van der Waals surface area (Å²) in [7, 11) is 0. The van der Waals surface area contributed by atoms with Crippen LogP contribution < -0.4 is 0 Å². The number of furan rings is 1. The van der Waals surface area contributed by atoms with Gasteiger partial charge < -0.3 is 4.42 Å². The van der Waals surface area contributed by atoms with E-state index in [1.54, 1.807) is 0 Å². The average molecular weight is 652 g/mol. The van der Waals surface area contributed by atoms with E-state index in [9.17, 15) is 0 Å². The highest BCUT2D eigenvalue weighted by molar-refractivity contribution is 6.15. The summed E-state index contributed by atoms with van der Waals surface area (Å²) in [5.74, 6) is 1.84. The van der Waals surface area contributed by atoms with Crippen molar-refractivity contribution in [3.8, 4) is 56.4 Å². The summed E-state index contributed by atoms with van der Waals surface area (Å²) in [6, 6.07) is 61.1. The zero-order valence-electron chi connectivity index (χ0n) is 27.5. The molecule has 0 atom stereocenters. The van der Waals surface area contributed by atoms with E-state index >= 15 is 0 Å². The van der Waals surface area contributed by atoms with Crippen molar-refractivity contribution in [2.24, 2.45) is 0 Å². The molecule has 2 heterocycles. The summed E-state index contributed by atoms with van der Waals surface area (Å²) in [6.07, 6.45) is 0. The summed E-state index contributed by atoms with van der Waals surface area (Å²) in [5.41, 5.74) is 8.94. The van der Waals surface area contributed by atoms with Crippen LogP contribution in [0.1, 0.15) is 0 Å². The lowest BCUT2D eigenvalue weighted by Crippen LogP contribution is -2.00. The second kappa shape index (κ2) is 11.9. The molecule has 10 rings (SSSR count). The SMILES string of the molecule is c1ccc(-c2ccc3cc(-c4nc(-c5ccccc5)nc(-c5cccc6oc7c(-c8ccc9ccccc9c8)cccc7c56)n4)ccc3c2)cc1. The third-order valence-corrected chi connectivity index (χ3v) is 9.70. The van der Waals surface area contributed by atoms with E-state index < -0.39 is 0 Å². The molecule has 0 saturated carbocycles. The fourth-order valence-corrected chi connectivity index (χ4v) is 7.16. The molecule has 4 nitrogen and oxygen atoms in total. The van der Waals surface area contributed by atoms with Crippen LogP contribution in [0.2, 0.25) is 0 Å². The minimum Gasteiger partial charge on any atom is -0.455 e. The Balaban J connectivity index is 1.14. The highest BCUT2D eigenvalue weighted by atomic mass is 16.3. The molecule has 51 heavy (non-hydrogen) atoms. The Labute approximate surface area is 294 Å². The Morgan fingerprint density at radius 1 is 0.333 bits per heavy atom. The Kier molecular flexibility index (Phi) is 6.78. The maximum Gasteiger partial charge on any atom is 0.164 e. The zero-order chi connectivity index (χ0) is 33.7. The molecule has 8 aromatic carbocycles. The van der Waals surface area contributed by atoms with E-state index in [2.05, 4.69) is 127 Å². The second-order valence-electron chi connectivity index (χ2n) is 12.8. The normalized spacial score (nSPS) is 11.5. The number of rotatable bonds is 5. The van der Waals surface area contributed by atoms with Crippen LogP contribution in [-0.2, 0) is 0 Å². The van der Waals surface area contributed by atoms with Crippen LogP contribution in [0.15, 0.2) is 180 Å². The first-order chi connectivity index (χ1) is 25.2. The van der Waals surface area contributed by atoms with Gasteiger partial charge >= 0.3 is 0 Å². The Hall–Kier alpha value is -6.91. The molecule has 0 radical (unpaired) electrons. The van der Waals surface area contributed by atoms with Crippen molar-refractivity contribution in [1.82, 2.24) is 15.0 Å². The van der Waals surface area contributed by atoms with Gasteiger partial charge in [-0.1, -0.05) is 152 Å². The predicted octanol–water partition coefficient (Wildman–Crippen LogP) is 12.4. The van der Waals surface area contributed by atoms with E-state index in [0.29, 0.717) is 17.5 Å².